The smallest absolute Gasteiger partial charge is 0.164 e. The summed E-state index contributed by atoms with van der Waals surface area (Å²) in [5, 5.41) is 3.53. The van der Waals surface area contributed by atoms with Crippen molar-refractivity contribution in [2.24, 2.45) is 0 Å². The van der Waals surface area contributed by atoms with Crippen LogP contribution in [0.15, 0.2) is 180 Å². The van der Waals surface area contributed by atoms with Crippen LogP contribution in [-0.2, 0) is 0 Å². The molecule has 1 aliphatic rings. The fourth-order valence-corrected chi connectivity index (χ4v) is 9.55. The van der Waals surface area contributed by atoms with E-state index in [0.717, 1.165) is 67.3 Å². The van der Waals surface area contributed by atoms with Gasteiger partial charge in [-0.05, 0) is 63.9 Å². The van der Waals surface area contributed by atoms with Gasteiger partial charge in [0.1, 0.15) is 11.2 Å². The van der Waals surface area contributed by atoms with Crippen molar-refractivity contribution < 1.29 is 4.42 Å². The highest BCUT2D eigenvalue weighted by molar-refractivity contribution is 7.19. The fraction of sp³-hybridized carbons (Fsp3) is 0.0392. The van der Waals surface area contributed by atoms with E-state index in [0.29, 0.717) is 23.4 Å². The summed E-state index contributed by atoms with van der Waals surface area (Å²) in [6.07, 6.45) is 5.63. The molecule has 1 atom stereocenters. The van der Waals surface area contributed by atoms with Crippen molar-refractivity contribution >= 4 is 49.4 Å². The molecule has 4 nitrogen and oxygen atoms in total. The van der Waals surface area contributed by atoms with Crippen molar-refractivity contribution in [3.63, 3.8) is 0 Å². The number of allylic oxidation sites excluding steroid dienone is 1. The van der Waals surface area contributed by atoms with E-state index in [1.54, 1.807) is 0 Å². The van der Waals surface area contributed by atoms with Gasteiger partial charge >= 0.3 is 0 Å². The van der Waals surface area contributed by atoms with Gasteiger partial charge in [-0.3, -0.25) is 0 Å². The average molecular weight is 736 g/mol. The number of para-hydroxylation sites is 1. The molecule has 0 aliphatic heterocycles. The van der Waals surface area contributed by atoms with Crippen molar-refractivity contribution in [3.05, 3.63) is 192 Å². The SMILES string of the molecule is C1=Cc2c(sc3ccccc23)C(c2cccc(-c3ccc(-c4cccc(-c5nc(-c6ccccc6)nc(-c6ccccc6)n5)c4)c4c3oc3ccccc34)c2)C1. The maximum absolute atomic E-state index is 6.78. The molecule has 0 bridgehead atoms. The highest BCUT2D eigenvalue weighted by Crippen LogP contribution is 2.46. The van der Waals surface area contributed by atoms with Crippen LogP contribution in [0.1, 0.15) is 28.3 Å². The monoisotopic (exact) mass is 735 g/mol. The van der Waals surface area contributed by atoms with Crippen molar-refractivity contribution in [2.45, 2.75) is 12.3 Å². The third-order valence-corrected chi connectivity index (χ3v) is 12.2. The molecule has 264 valence electrons. The standard InChI is InChI=1S/C51H33N3OS/c1-3-14-32(15-4-1)49-52-50(33-16-5-2-6-17-33)54-51(53-49)37-21-12-18-34(31-37)38-28-29-39(47-46(38)43-23-7-9-26-44(43)55-47)35-19-11-20-36(30-35)40-24-13-25-42-41-22-8-10-27-45(41)56-48(40)42/h1-23,25-31,40H,24H2. The number of nitrogens with zero attached hydrogens (tertiary/aromatic N) is 3. The summed E-state index contributed by atoms with van der Waals surface area (Å²) >= 11 is 1.93. The van der Waals surface area contributed by atoms with Crippen LogP contribution in [0.3, 0.4) is 0 Å². The first-order chi connectivity index (χ1) is 27.7. The fourth-order valence-electron chi connectivity index (χ4n) is 8.21. The highest BCUT2D eigenvalue weighted by Gasteiger charge is 2.25. The Kier molecular flexibility index (Phi) is 7.78. The summed E-state index contributed by atoms with van der Waals surface area (Å²) in [5.74, 6) is 2.21. The molecule has 0 N–H and O–H groups in total. The van der Waals surface area contributed by atoms with Crippen LogP contribution in [0.25, 0.3) is 94.5 Å². The Bertz CT molecular complexity index is 3070. The Hall–Kier alpha value is -6.95. The summed E-state index contributed by atoms with van der Waals surface area (Å²) in [6, 6.07) is 59.4. The quantitative estimate of drug-likeness (QED) is 0.171. The van der Waals surface area contributed by atoms with Crippen LogP contribution < -0.4 is 0 Å². The lowest BCUT2D eigenvalue weighted by Crippen LogP contribution is -2.03. The van der Waals surface area contributed by atoms with Gasteiger partial charge in [0, 0.05) is 48.5 Å². The Morgan fingerprint density at radius 1 is 0.500 bits per heavy atom. The van der Waals surface area contributed by atoms with Gasteiger partial charge in [-0.25, -0.2) is 15.0 Å². The minimum absolute atomic E-state index is 0.306. The summed E-state index contributed by atoms with van der Waals surface area (Å²) < 4.78 is 8.13. The van der Waals surface area contributed by atoms with Crippen molar-refractivity contribution in [2.75, 3.05) is 0 Å². The number of benzene rings is 7. The van der Waals surface area contributed by atoms with Crippen LogP contribution in [0.4, 0.5) is 0 Å². The van der Waals surface area contributed by atoms with E-state index < -0.39 is 0 Å². The second kappa shape index (κ2) is 13.4. The normalized spacial score (nSPS) is 13.8. The first-order valence-electron chi connectivity index (χ1n) is 19.0. The number of thiophene rings is 1. The number of hydrogen-bond acceptors (Lipinski definition) is 5. The minimum atomic E-state index is 0.306. The van der Waals surface area contributed by atoms with E-state index in [1.165, 1.54) is 26.1 Å². The van der Waals surface area contributed by atoms with Gasteiger partial charge in [-0.15, -0.1) is 11.3 Å². The largest absolute Gasteiger partial charge is 0.455 e. The van der Waals surface area contributed by atoms with E-state index in [4.69, 9.17) is 19.4 Å². The zero-order chi connectivity index (χ0) is 37.0. The number of furan rings is 1. The maximum atomic E-state index is 6.78. The predicted molar refractivity (Wildman–Crippen MR) is 232 cm³/mol. The topological polar surface area (TPSA) is 51.8 Å². The molecule has 56 heavy (non-hydrogen) atoms. The van der Waals surface area contributed by atoms with Gasteiger partial charge in [0.15, 0.2) is 17.5 Å². The summed E-state index contributed by atoms with van der Waals surface area (Å²) in [4.78, 5) is 16.4. The number of aromatic nitrogens is 3. The molecule has 1 aliphatic carbocycles. The molecule has 10 aromatic rings. The van der Waals surface area contributed by atoms with Gasteiger partial charge in [-0.2, -0.15) is 0 Å². The lowest BCUT2D eigenvalue weighted by molar-refractivity contribution is 0.670. The Labute approximate surface area is 328 Å². The molecular weight excluding hydrogens is 703 g/mol. The molecule has 0 saturated heterocycles. The van der Waals surface area contributed by atoms with Crippen LogP contribution in [0.5, 0.6) is 0 Å². The van der Waals surface area contributed by atoms with E-state index in [-0.39, 0.29) is 0 Å². The lowest BCUT2D eigenvalue weighted by atomic mass is 9.86. The van der Waals surface area contributed by atoms with Gasteiger partial charge in [0.05, 0.1) is 0 Å². The maximum Gasteiger partial charge on any atom is 0.164 e. The second-order valence-corrected chi connectivity index (χ2v) is 15.4. The molecule has 0 saturated carbocycles. The zero-order valence-electron chi connectivity index (χ0n) is 30.3. The van der Waals surface area contributed by atoms with Crippen LogP contribution in [0, 0.1) is 0 Å². The molecule has 0 fully saturated rings. The molecule has 3 aromatic heterocycles. The lowest BCUT2D eigenvalue weighted by Gasteiger charge is -2.20. The highest BCUT2D eigenvalue weighted by atomic mass is 32.1. The first-order valence-corrected chi connectivity index (χ1v) is 19.8. The van der Waals surface area contributed by atoms with Gasteiger partial charge < -0.3 is 4.42 Å². The van der Waals surface area contributed by atoms with E-state index in [2.05, 4.69) is 115 Å². The van der Waals surface area contributed by atoms with E-state index in [1.807, 2.05) is 78.1 Å². The van der Waals surface area contributed by atoms with Crippen LogP contribution >= 0.6 is 11.3 Å². The van der Waals surface area contributed by atoms with E-state index in [9.17, 15) is 0 Å². The Morgan fingerprint density at radius 2 is 1.09 bits per heavy atom. The van der Waals surface area contributed by atoms with E-state index >= 15 is 0 Å². The van der Waals surface area contributed by atoms with Gasteiger partial charge in [-0.1, -0.05) is 158 Å². The molecule has 3 heterocycles. The molecule has 5 heteroatoms. The number of hydrogen-bond donors (Lipinski definition) is 0. The number of rotatable bonds is 6. The molecule has 11 rings (SSSR count). The molecular formula is C51H33N3OS. The first kappa shape index (κ1) is 32.5. The third kappa shape index (κ3) is 5.55. The molecule has 0 amide bonds. The van der Waals surface area contributed by atoms with Crippen molar-refractivity contribution in [1.29, 1.82) is 0 Å². The predicted octanol–water partition coefficient (Wildman–Crippen LogP) is 13.9. The molecule has 1 unspecified atom stereocenters. The van der Waals surface area contributed by atoms with Crippen molar-refractivity contribution in [1.82, 2.24) is 15.0 Å². The summed E-state index contributed by atoms with van der Waals surface area (Å²) in [5.41, 5.74) is 11.6. The molecule has 7 aromatic carbocycles. The number of fused-ring (bicyclic) bond motifs is 6. The molecule has 0 radical (unpaired) electrons. The average Bonchev–Trinajstić information content (AvgIpc) is 3.86. The summed E-state index contributed by atoms with van der Waals surface area (Å²) in [6.45, 7) is 0. The van der Waals surface area contributed by atoms with Crippen molar-refractivity contribution in [3.8, 4) is 56.4 Å². The summed E-state index contributed by atoms with van der Waals surface area (Å²) in [7, 11) is 0. The minimum Gasteiger partial charge on any atom is -0.455 e. The zero-order valence-corrected chi connectivity index (χ0v) is 31.1. The van der Waals surface area contributed by atoms with Crippen LogP contribution in [-0.4, -0.2) is 15.0 Å². The third-order valence-electron chi connectivity index (χ3n) is 10.9. The van der Waals surface area contributed by atoms with Gasteiger partial charge in [0.25, 0.3) is 0 Å². The van der Waals surface area contributed by atoms with Gasteiger partial charge in [0.2, 0.25) is 0 Å². The molecule has 0 spiro atoms. The second-order valence-electron chi connectivity index (χ2n) is 14.3. The Morgan fingerprint density at radius 3 is 1.86 bits per heavy atom. The Balaban J connectivity index is 1.04. The van der Waals surface area contributed by atoms with Crippen LogP contribution in [0.2, 0.25) is 0 Å².